The number of nitrogens with two attached hydrogens (primary N) is 1. The topological polar surface area (TPSA) is 54.7 Å². The van der Waals surface area contributed by atoms with E-state index in [0.717, 1.165) is 29.7 Å². The lowest BCUT2D eigenvalue weighted by Gasteiger charge is -1.97. The van der Waals surface area contributed by atoms with Crippen molar-refractivity contribution in [2.24, 2.45) is 5.73 Å². The van der Waals surface area contributed by atoms with Gasteiger partial charge in [0.1, 0.15) is 5.82 Å². The van der Waals surface area contributed by atoms with Crippen LogP contribution in [-0.2, 0) is 12.8 Å². The van der Waals surface area contributed by atoms with Gasteiger partial charge in [0.2, 0.25) is 0 Å². The Labute approximate surface area is 112 Å². The number of aromatic amines is 1. The summed E-state index contributed by atoms with van der Waals surface area (Å²) in [5.74, 6) is 1.01. The molecule has 3 N–H and O–H groups in total. The zero-order valence-corrected chi connectivity index (χ0v) is 10.8. The Morgan fingerprint density at radius 1 is 1.00 bits per heavy atom. The molecule has 0 bridgehead atoms. The summed E-state index contributed by atoms with van der Waals surface area (Å²) in [5, 5.41) is 0. The third-order valence-electron chi connectivity index (χ3n) is 3.24. The van der Waals surface area contributed by atoms with Crippen LogP contribution in [0, 0.1) is 0 Å². The van der Waals surface area contributed by atoms with Crippen LogP contribution in [0.4, 0.5) is 0 Å². The monoisotopic (exact) mass is 251 g/mol. The molecule has 0 saturated carbocycles. The number of H-pyrrole nitrogens is 1. The minimum Gasteiger partial charge on any atom is -0.342 e. The van der Waals surface area contributed by atoms with Crippen LogP contribution in [0.25, 0.3) is 11.0 Å². The van der Waals surface area contributed by atoms with Crippen LogP contribution in [-0.4, -0.2) is 16.5 Å². The van der Waals surface area contributed by atoms with E-state index in [-0.39, 0.29) is 0 Å². The number of imidazole rings is 1. The number of benzene rings is 2. The number of rotatable bonds is 4. The Bertz CT molecular complexity index is 671. The van der Waals surface area contributed by atoms with Gasteiger partial charge in [-0.1, -0.05) is 36.4 Å². The number of nitrogens with zero attached hydrogens (tertiary/aromatic N) is 1. The van der Waals surface area contributed by atoms with Gasteiger partial charge in [0.05, 0.1) is 11.0 Å². The van der Waals surface area contributed by atoms with E-state index >= 15 is 0 Å². The highest BCUT2D eigenvalue weighted by Gasteiger charge is 2.04. The van der Waals surface area contributed by atoms with Gasteiger partial charge >= 0.3 is 0 Å². The molecule has 0 aliphatic rings. The summed E-state index contributed by atoms with van der Waals surface area (Å²) in [6.45, 7) is 0.677. The molecule has 96 valence electrons. The van der Waals surface area contributed by atoms with Crippen LogP contribution in [0.5, 0.6) is 0 Å². The molecule has 1 aromatic heterocycles. The van der Waals surface area contributed by atoms with Gasteiger partial charge in [-0.2, -0.15) is 0 Å². The summed E-state index contributed by atoms with van der Waals surface area (Å²) in [7, 11) is 0. The standard InChI is InChI=1S/C16H17N3/c17-9-8-13-6-7-14-15(10-13)19-16(18-14)11-12-4-2-1-3-5-12/h1-7,10H,8-9,11,17H2,(H,18,19). The molecule has 0 fully saturated rings. The van der Waals surface area contributed by atoms with Crippen molar-refractivity contribution >= 4 is 11.0 Å². The predicted octanol–water partition coefficient (Wildman–Crippen LogP) is 2.65. The molecule has 3 aromatic rings. The normalized spacial score (nSPS) is 11.0. The smallest absolute Gasteiger partial charge is 0.111 e. The van der Waals surface area contributed by atoms with E-state index in [2.05, 4.69) is 52.4 Å². The predicted molar refractivity (Wildman–Crippen MR) is 78.1 cm³/mol. The van der Waals surface area contributed by atoms with Gasteiger partial charge in [-0.15, -0.1) is 0 Å². The minimum absolute atomic E-state index is 0.677. The van der Waals surface area contributed by atoms with Crippen molar-refractivity contribution in [3.63, 3.8) is 0 Å². The number of hydrogen-bond acceptors (Lipinski definition) is 2. The van der Waals surface area contributed by atoms with Crippen LogP contribution >= 0.6 is 0 Å². The summed E-state index contributed by atoms with van der Waals surface area (Å²) in [6, 6.07) is 16.7. The van der Waals surface area contributed by atoms with Crippen LogP contribution < -0.4 is 5.73 Å². The lowest BCUT2D eigenvalue weighted by atomic mass is 10.1. The van der Waals surface area contributed by atoms with E-state index in [0.29, 0.717) is 6.54 Å². The Morgan fingerprint density at radius 2 is 1.84 bits per heavy atom. The second kappa shape index (κ2) is 5.24. The first kappa shape index (κ1) is 11.9. The molecule has 2 aromatic carbocycles. The Balaban J connectivity index is 1.89. The van der Waals surface area contributed by atoms with Crippen molar-refractivity contribution in [1.29, 1.82) is 0 Å². The van der Waals surface area contributed by atoms with E-state index in [4.69, 9.17) is 5.73 Å². The SMILES string of the molecule is NCCc1ccc2nc(Cc3ccccc3)[nH]c2c1. The molecule has 0 unspecified atom stereocenters. The molecule has 0 amide bonds. The number of nitrogens with one attached hydrogen (secondary N) is 1. The van der Waals surface area contributed by atoms with Gasteiger partial charge in [0.25, 0.3) is 0 Å². The zero-order valence-electron chi connectivity index (χ0n) is 10.8. The molecule has 3 nitrogen and oxygen atoms in total. The van der Waals surface area contributed by atoms with E-state index in [9.17, 15) is 0 Å². The fourth-order valence-corrected chi connectivity index (χ4v) is 2.30. The molecule has 0 atom stereocenters. The molecule has 0 saturated heterocycles. The fraction of sp³-hybridized carbons (Fsp3) is 0.188. The van der Waals surface area contributed by atoms with Gasteiger partial charge < -0.3 is 10.7 Å². The van der Waals surface area contributed by atoms with Crippen molar-refractivity contribution in [2.75, 3.05) is 6.54 Å². The van der Waals surface area contributed by atoms with Crippen molar-refractivity contribution in [1.82, 2.24) is 9.97 Å². The summed E-state index contributed by atoms with van der Waals surface area (Å²) >= 11 is 0. The number of aromatic nitrogens is 2. The van der Waals surface area contributed by atoms with E-state index in [1.807, 2.05) is 6.07 Å². The molecule has 0 radical (unpaired) electrons. The average molecular weight is 251 g/mol. The van der Waals surface area contributed by atoms with Crippen molar-refractivity contribution in [3.8, 4) is 0 Å². The summed E-state index contributed by atoms with van der Waals surface area (Å²) in [4.78, 5) is 8.01. The second-order valence-corrected chi connectivity index (χ2v) is 4.74. The molecule has 3 heteroatoms. The lowest BCUT2D eigenvalue weighted by Crippen LogP contribution is -2.02. The molecular weight excluding hydrogens is 234 g/mol. The Morgan fingerprint density at radius 3 is 2.63 bits per heavy atom. The van der Waals surface area contributed by atoms with Crippen molar-refractivity contribution in [3.05, 3.63) is 65.5 Å². The maximum atomic E-state index is 5.59. The Kier molecular flexibility index (Phi) is 3.29. The van der Waals surface area contributed by atoms with Crippen LogP contribution in [0.1, 0.15) is 17.0 Å². The van der Waals surface area contributed by atoms with Gasteiger partial charge in [0.15, 0.2) is 0 Å². The largest absolute Gasteiger partial charge is 0.342 e. The van der Waals surface area contributed by atoms with E-state index in [1.165, 1.54) is 11.1 Å². The molecular formula is C16H17N3. The highest BCUT2D eigenvalue weighted by atomic mass is 14.9. The summed E-state index contributed by atoms with van der Waals surface area (Å²) in [6.07, 6.45) is 1.74. The molecule has 0 spiro atoms. The van der Waals surface area contributed by atoms with E-state index in [1.54, 1.807) is 0 Å². The van der Waals surface area contributed by atoms with Crippen LogP contribution in [0.3, 0.4) is 0 Å². The first-order valence-electron chi connectivity index (χ1n) is 6.56. The molecule has 19 heavy (non-hydrogen) atoms. The molecule has 1 heterocycles. The Hall–Kier alpha value is -2.13. The minimum atomic E-state index is 0.677. The maximum absolute atomic E-state index is 5.59. The van der Waals surface area contributed by atoms with Gasteiger partial charge in [-0.05, 0) is 36.2 Å². The third kappa shape index (κ3) is 2.66. The van der Waals surface area contributed by atoms with Crippen LogP contribution in [0.2, 0.25) is 0 Å². The second-order valence-electron chi connectivity index (χ2n) is 4.74. The molecule has 3 rings (SSSR count). The number of hydrogen-bond donors (Lipinski definition) is 2. The molecule has 0 aliphatic carbocycles. The molecule has 0 aliphatic heterocycles. The average Bonchev–Trinajstić information content (AvgIpc) is 2.82. The zero-order chi connectivity index (χ0) is 13.1. The fourth-order valence-electron chi connectivity index (χ4n) is 2.30. The van der Waals surface area contributed by atoms with Crippen molar-refractivity contribution < 1.29 is 0 Å². The number of fused-ring (bicyclic) bond motifs is 1. The third-order valence-corrected chi connectivity index (χ3v) is 3.24. The van der Waals surface area contributed by atoms with Crippen LogP contribution in [0.15, 0.2) is 48.5 Å². The van der Waals surface area contributed by atoms with Crippen molar-refractivity contribution in [2.45, 2.75) is 12.8 Å². The first-order valence-corrected chi connectivity index (χ1v) is 6.56. The lowest BCUT2D eigenvalue weighted by molar-refractivity contribution is 0.970. The van der Waals surface area contributed by atoms with Gasteiger partial charge in [-0.25, -0.2) is 4.98 Å². The maximum Gasteiger partial charge on any atom is 0.111 e. The highest BCUT2D eigenvalue weighted by molar-refractivity contribution is 5.76. The highest BCUT2D eigenvalue weighted by Crippen LogP contribution is 2.16. The van der Waals surface area contributed by atoms with Gasteiger partial charge in [-0.3, -0.25) is 0 Å². The summed E-state index contributed by atoms with van der Waals surface area (Å²) < 4.78 is 0. The first-order chi connectivity index (χ1) is 9.35. The van der Waals surface area contributed by atoms with E-state index < -0.39 is 0 Å². The van der Waals surface area contributed by atoms with Gasteiger partial charge in [0, 0.05) is 6.42 Å². The quantitative estimate of drug-likeness (QED) is 0.749. The summed E-state index contributed by atoms with van der Waals surface area (Å²) in [5.41, 5.74) is 10.2.